The van der Waals surface area contributed by atoms with Crippen LogP contribution in [0.25, 0.3) is 0 Å². The molecule has 7 heteroatoms. The molecule has 0 aromatic heterocycles. The molecule has 0 radical (unpaired) electrons. The summed E-state index contributed by atoms with van der Waals surface area (Å²) in [6, 6.07) is -1.32. The predicted octanol–water partition coefficient (Wildman–Crippen LogP) is -0.114. The summed E-state index contributed by atoms with van der Waals surface area (Å²) in [5.74, 6) is -0.389. The fourth-order valence-electron chi connectivity index (χ4n) is 2.25. The van der Waals surface area contributed by atoms with Gasteiger partial charge in [0.15, 0.2) is 0 Å². The van der Waals surface area contributed by atoms with Crippen molar-refractivity contribution in [3.8, 4) is 0 Å². The molecule has 0 aliphatic heterocycles. The second kappa shape index (κ2) is 13.4. The van der Waals surface area contributed by atoms with Crippen molar-refractivity contribution in [2.75, 3.05) is 6.61 Å². The minimum absolute atomic E-state index is 0.240. The number of rotatable bonds is 14. The van der Waals surface area contributed by atoms with Crippen LogP contribution in [0.3, 0.4) is 0 Å². The molecule has 0 aromatic rings. The van der Waals surface area contributed by atoms with Gasteiger partial charge in [-0.2, -0.15) is 0 Å². The van der Waals surface area contributed by atoms with Gasteiger partial charge in [-0.3, -0.25) is 4.79 Å². The number of aliphatic hydroxyl groups excluding tert-OH is 4. The summed E-state index contributed by atoms with van der Waals surface area (Å²) in [7, 11) is 0. The van der Waals surface area contributed by atoms with Crippen molar-refractivity contribution in [2.24, 2.45) is 0 Å². The molecule has 0 rings (SSSR count). The van der Waals surface area contributed by atoms with E-state index in [-0.39, 0.29) is 12.3 Å². The number of carbonyl (C=O) groups excluding carboxylic acids is 2. The monoisotopic (exact) mass is 333 g/mol. The zero-order valence-electron chi connectivity index (χ0n) is 13.9. The first kappa shape index (κ1) is 22.0. The van der Waals surface area contributed by atoms with E-state index in [1.807, 2.05) is 0 Å². The minimum atomic E-state index is -1.71. The molecule has 0 heterocycles. The Bertz CT molecular complexity index is 326. The third-order valence-corrected chi connectivity index (χ3v) is 3.78. The minimum Gasteiger partial charge on any atom is -0.394 e. The fourth-order valence-corrected chi connectivity index (χ4v) is 2.25. The van der Waals surface area contributed by atoms with Crippen LogP contribution in [-0.4, -0.2) is 63.6 Å². The van der Waals surface area contributed by atoms with Crippen LogP contribution in [0, 0.1) is 0 Å². The molecule has 7 nitrogen and oxygen atoms in total. The lowest BCUT2D eigenvalue weighted by Crippen LogP contribution is -2.53. The lowest BCUT2D eigenvalue weighted by molar-refractivity contribution is -0.131. The van der Waals surface area contributed by atoms with Gasteiger partial charge in [-0.1, -0.05) is 45.4 Å². The molecule has 5 N–H and O–H groups in total. The van der Waals surface area contributed by atoms with Crippen LogP contribution in [0.15, 0.2) is 0 Å². The van der Waals surface area contributed by atoms with E-state index in [1.54, 1.807) is 0 Å². The molecule has 0 aliphatic rings. The number of unbranched alkanes of at least 4 members (excludes halogenated alkanes) is 6. The van der Waals surface area contributed by atoms with Crippen molar-refractivity contribution < 1.29 is 30.0 Å². The summed E-state index contributed by atoms with van der Waals surface area (Å²) in [6.07, 6.45) is 3.03. The number of amides is 1. The Balaban J connectivity index is 4.02. The highest BCUT2D eigenvalue weighted by atomic mass is 16.4. The predicted molar refractivity (Wildman–Crippen MR) is 85.7 cm³/mol. The van der Waals surface area contributed by atoms with Crippen LogP contribution >= 0.6 is 0 Å². The Morgan fingerprint density at radius 3 is 2.09 bits per heavy atom. The quantitative estimate of drug-likeness (QED) is 0.223. The van der Waals surface area contributed by atoms with Crippen molar-refractivity contribution in [3.63, 3.8) is 0 Å². The van der Waals surface area contributed by atoms with Crippen LogP contribution in [-0.2, 0) is 9.59 Å². The largest absolute Gasteiger partial charge is 0.394 e. The molecule has 0 bridgehead atoms. The van der Waals surface area contributed by atoms with Gasteiger partial charge in [0, 0.05) is 6.42 Å². The molecular weight excluding hydrogens is 302 g/mol. The Labute approximate surface area is 137 Å². The molecule has 0 fully saturated rings. The standard InChI is InChI=1S/C16H31NO6/c1-2-3-4-5-6-7-8-9-14(21)17-12(10-18)15(22)16(23)13(20)11-19/h10,12-13,15-16,19-20,22-23H,2-9,11H2,1H3,(H,17,21)/t12-,13+,15+,16+/m0/s1. The zero-order chi connectivity index (χ0) is 17.7. The van der Waals surface area contributed by atoms with Gasteiger partial charge in [-0.05, 0) is 6.42 Å². The number of aliphatic hydroxyl groups is 4. The maximum atomic E-state index is 11.7. The number of hydrogen-bond acceptors (Lipinski definition) is 6. The first-order valence-corrected chi connectivity index (χ1v) is 8.37. The number of nitrogens with one attached hydrogen (secondary N) is 1. The topological polar surface area (TPSA) is 127 Å². The Morgan fingerprint density at radius 2 is 1.57 bits per heavy atom. The maximum absolute atomic E-state index is 11.7. The van der Waals surface area contributed by atoms with Gasteiger partial charge in [0.2, 0.25) is 5.91 Å². The van der Waals surface area contributed by atoms with Crippen molar-refractivity contribution in [2.45, 2.75) is 82.6 Å². The maximum Gasteiger partial charge on any atom is 0.220 e. The van der Waals surface area contributed by atoms with Crippen molar-refractivity contribution >= 4 is 12.2 Å². The zero-order valence-corrected chi connectivity index (χ0v) is 13.9. The van der Waals surface area contributed by atoms with E-state index < -0.39 is 31.0 Å². The SMILES string of the molecule is CCCCCCCCCC(=O)N[C@@H](C=O)[C@@H](O)[C@H](O)[C@H](O)CO. The number of aldehydes is 1. The van der Waals surface area contributed by atoms with Gasteiger partial charge in [-0.15, -0.1) is 0 Å². The third kappa shape index (κ3) is 9.65. The van der Waals surface area contributed by atoms with Crippen LogP contribution in [0.5, 0.6) is 0 Å². The molecule has 0 aliphatic carbocycles. The second-order valence-corrected chi connectivity index (χ2v) is 5.83. The van der Waals surface area contributed by atoms with E-state index in [9.17, 15) is 24.9 Å². The van der Waals surface area contributed by atoms with Crippen LogP contribution in [0.4, 0.5) is 0 Å². The summed E-state index contributed by atoms with van der Waals surface area (Å²) in [4.78, 5) is 22.7. The van der Waals surface area contributed by atoms with Crippen molar-refractivity contribution in [1.29, 1.82) is 0 Å². The Hall–Kier alpha value is -1.02. The summed E-state index contributed by atoms with van der Waals surface area (Å²) in [5.41, 5.74) is 0. The molecule has 136 valence electrons. The molecule has 23 heavy (non-hydrogen) atoms. The molecule has 0 aromatic carbocycles. The number of carbonyl (C=O) groups is 2. The van der Waals surface area contributed by atoms with Crippen molar-refractivity contribution in [1.82, 2.24) is 5.32 Å². The fraction of sp³-hybridized carbons (Fsp3) is 0.875. The first-order valence-electron chi connectivity index (χ1n) is 8.37. The van der Waals surface area contributed by atoms with Crippen LogP contribution < -0.4 is 5.32 Å². The van der Waals surface area contributed by atoms with Crippen LogP contribution in [0.1, 0.15) is 58.3 Å². The van der Waals surface area contributed by atoms with E-state index in [1.165, 1.54) is 19.3 Å². The van der Waals surface area contributed by atoms with E-state index >= 15 is 0 Å². The summed E-state index contributed by atoms with van der Waals surface area (Å²) < 4.78 is 0. The first-order chi connectivity index (χ1) is 11.0. The van der Waals surface area contributed by atoms with Gasteiger partial charge < -0.3 is 30.5 Å². The van der Waals surface area contributed by atoms with E-state index in [0.717, 1.165) is 19.3 Å². The summed E-state index contributed by atoms with van der Waals surface area (Å²) in [5, 5.41) is 39.6. The highest BCUT2D eigenvalue weighted by Crippen LogP contribution is 2.09. The van der Waals surface area contributed by atoms with Gasteiger partial charge in [0.25, 0.3) is 0 Å². The highest BCUT2D eigenvalue weighted by Gasteiger charge is 2.31. The Morgan fingerprint density at radius 1 is 1.00 bits per heavy atom. The lowest BCUT2D eigenvalue weighted by atomic mass is 10.0. The van der Waals surface area contributed by atoms with Gasteiger partial charge >= 0.3 is 0 Å². The Kier molecular flexibility index (Phi) is 12.8. The second-order valence-electron chi connectivity index (χ2n) is 5.83. The normalized spacial score (nSPS) is 16.4. The molecule has 0 saturated heterocycles. The van der Waals surface area contributed by atoms with Gasteiger partial charge in [0.1, 0.15) is 30.6 Å². The average Bonchev–Trinajstić information content (AvgIpc) is 2.56. The molecule has 0 unspecified atom stereocenters. The summed E-state index contributed by atoms with van der Waals surface area (Å²) in [6.45, 7) is 1.40. The molecular formula is C16H31NO6. The third-order valence-electron chi connectivity index (χ3n) is 3.78. The lowest BCUT2D eigenvalue weighted by Gasteiger charge is -2.26. The van der Waals surface area contributed by atoms with Gasteiger partial charge in [0.05, 0.1) is 6.61 Å². The van der Waals surface area contributed by atoms with Crippen LogP contribution in [0.2, 0.25) is 0 Å². The van der Waals surface area contributed by atoms with E-state index in [4.69, 9.17) is 5.11 Å². The highest BCUT2D eigenvalue weighted by molar-refractivity contribution is 5.79. The van der Waals surface area contributed by atoms with E-state index in [0.29, 0.717) is 12.7 Å². The van der Waals surface area contributed by atoms with Gasteiger partial charge in [-0.25, -0.2) is 0 Å². The van der Waals surface area contributed by atoms with Crippen molar-refractivity contribution in [3.05, 3.63) is 0 Å². The van der Waals surface area contributed by atoms with E-state index in [2.05, 4.69) is 12.2 Å². The average molecular weight is 333 g/mol. The molecule has 1 amide bonds. The summed E-state index contributed by atoms with van der Waals surface area (Å²) >= 11 is 0. The molecule has 0 saturated carbocycles. The number of hydrogen-bond donors (Lipinski definition) is 5. The molecule has 0 spiro atoms. The smallest absolute Gasteiger partial charge is 0.220 e. The molecule has 4 atom stereocenters.